The van der Waals surface area contributed by atoms with E-state index in [1.165, 1.54) is 11.2 Å². The van der Waals surface area contributed by atoms with Gasteiger partial charge in [-0.2, -0.15) is 0 Å². The first-order chi connectivity index (χ1) is 14.5. The van der Waals surface area contributed by atoms with Gasteiger partial charge in [-0.05, 0) is 49.6 Å². The molecule has 0 bridgehead atoms. The molecule has 2 aromatic carbocycles. The Morgan fingerprint density at radius 2 is 1.77 bits per heavy atom. The maximum atomic E-state index is 12.3. The van der Waals surface area contributed by atoms with Gasteiger partial charge in [0.15, 0.2) is 16.4 Å². The van der Waals surface area contributed by atoms with Crippen LogP contribution in [-0.4, -0.2) is 58.1 Å². The number of sulfone groups is 1. The van der Waals surface area contributed by atoms with Crippen LogP contribution in [0.4, 0.5) is 5.69 Å². The van der Waals surface area contributed by atoms with Crippen molar-refractivity contribution in [1.29, 1.82) is 0 Å². The number of likely N-dealkylation sites (N-methyl/N-ethyl adjacent to an activating group) is 1. The van der Waals surface area contributed by atoms with E-state index in [0.29, 0.717) is 12.2 Å². The molecule has 31 heavy (non-hydrogen) atoms. The van der Waals surface area contributed by atoms with E-state index < -0.39 is 9.84 Å². The Morgan fingerprint density at radius 3 is 2.32 bits per heavy atom. The maximum Gasteiger partial charge on any atom is 0.259 e. The summed E-state index contributed by atoms with van der Waals surface area (Å²) < 4.78 is 29.6. The van der Waals surface area contributed by atoms with Gasteiger partial charge in [-0.25, -0.2) is 8.42 Å². The lowest BCUT2D eigenvalue weighted by Crippen LogP contribution is -2.41. The zero-order valence-electron chi connectivity index (χ0n) is 18.5. The molecule has 1 aliphatic rings. The lowest BCUT2D eigenvalue weighted by molar-refractivity contribution is -0.130. The summed E-state index contributed by atoms with van der Waals surface area (Å²) >= 11 is 0. The van der Waals surface area contributed by atoms with Crippen molar-refractivity contribution >= 4 is 27.3 Å². The maximum absolute atomic E-state index is 12.3. The van der Waals surface area contributed by atoms with Crippen LogP contribution in [0.15, 0.2) is 41.3 Å². The van der Waals surface area contributed by atoms with E-state index in [0.717, 1.165) is 28.8 Å². The average Bonchev–Trinajstić information content (AvgIpc) is 2.70. The predicted octanol–water partition coefficient (Wildman–Crippen LogP) is 2.91. The predicted molar refractivity (Wildman–Crippen MR) is 120 cm³/mol. The first-order valence-electron chi connectivity index (χ1n) is 10.1. The number of amides is 2. The Hall–Kier alpha value is -2.87. The summed E-state index contributed by atoms with van der Waals surface area (Å²) in [6.45, 7) is 3.42. The molecule has 1 atom stereocenters. The minimum absolute atomic E-state index is 0.0472. The number of rotatable bonds is 5. The van der Waals surface area contributed by atoms with Crippen molar-refractivity contribution in [3.8, 4) is 16.9 Å². The highest BCUT2D eigenvalue weighted by molar-refractivity contribution is 7.90. The molecule has 3 rings (SSSR count). The van der Waals surface area contributed by atoms with Gasteiger partial charge in [0.05, 0.1) is 10.6 Å². The van der Waals surface area contributed by atoms with Crippen LogP contribution in [0, 0.1) is 0 Å². The number of ether oxygens (including phenoxy) is 1. The van der Waals surface area contributed by atoms with Gasteiger partial charge in [0.1, 0.15) is 5.75 Å². The normalized spacial score (nSPS) is 15.9. The molecular formula is C23H28N2O5S. The fraction of sp³-hybridized carbons (Fsp3) is 0.391. The number of hydrogen-bond donors (Lipinski definition) is 0. The van der Waals surface area contributed by atoms with Crippen LogP contribution in [0.3, 0.4) is 0 Å². The smallest absolute Gasteiger partial charge is 0.259 e. The lowest BCUT2D eigenvalue weighted by atomic mass is 9.91. The molecule has 0 fully saturated rings. The molecule has 2 aromatic rings. The van der Waals surface area contributed by atoms with Gasteiger partial charge in [-0.15, -0.1) is 0 Å². The van der Waals surface area contributed by atoms with Crippen LogP contribution >= 0.6 is 0 Å². The van der Waals surface area contributed by atoms with E-state index in [1.807, 2.05) is 19.1 Å². The minimum atomic E-state index is -3.31. The van der Waals surface area contributed by atoms with Crippen LogP contribution < -0.4 is 9.64 Å². The summed E-state index contributed by atoms with van der Waals surface area (Å²) in [5.41, 5.74) is 3.19. The van der Waals surface area contributed by atoms with Crippen molar-refractivity contribution in [2.75, 3.05) is 31.9 Å². The number of hydrogen-bond acceptors (Lipinski definition) is 5. The Balaban J connectivity index is 2.12. The van der Waals surface area contributed by atoms with Crippen molar-refractivity contribution in [1.82, 2.24) is 4.90 Å². The summed E-state index contributed by atoms with van der Waals surface area (Å²) in [7, 11) is 0.0199. The van der Waals surface area contributed by atoms with Gasteiger partial charge in [-0.3, -0.25) is 9.59 Å². The third-order valence-corrected chi connectivity index (χ3v) is 6.65. The molecule has 8 heteroatoms. The number of benzene rings is 2. The molecule has 0 unspecified atom stereocenters. The third-order valence-electron chi connectivity index (χ3n) is 5.52. The highest BCUT2D eigenvalue weighted by Crippen LogP contribution is 2.43. The van der Waals surface area contributed by atoms with Gasteiger partial charge in [0.2, 0.25) is 5.91 Å². The number of nitrogens with zero attached hydrogens (tertiary/aromatic N) is 2. The first kappa shape index (κ1) is 22.8. The number of carbonyl (C=O) groups is 2. The van der Waals surface area contributed by atoms with Gasteiger partial charge in [-0.1, -0.05) is 12.1 Å². The summed E-state index contributed by atoms with van der Waals surface area (Å²) in [5.74, 6) is 0.329. The molecule has 0 N–H and O–H groups in total. The molecule has 0 radical (unpaired) electrons. The topological polar surface area (TPSA) is 84.0 Å². The van der Waals surface area contributed by atoms with E-state index in [4.69, 9.17) is 4.74 Å². The monoisotopic (exact) mass is 444 g/mol. The number of carbonyl (C=O) groups excluding carboxylic acids is 2. The van der Waals surface area contributed by atoms with E-state index in [2.05, 4.69) is 0 Å². The third kappa shape index (κ3) is 4.74. The molecule has 166 valence electrons. The van der Waals surface area contributed by atoms with E-state index >= 15 is 0 Å². The zero-order valence-corrected chi connectivity index (χ0v) is 19.3. The Labute approximate surface area is 183 Å². The van der Waals surface area contributed by atoms with Crippen LogP contribution in [0.1, 0.15) is 25.8 Å². The van der Waals surface area contributed by atoms with E-state index in [-0.39, 0.29) is 29.4 Å². The Bertz CT molecular complexity index is 1110. The second-order valence-electron chi connectivity index (χ2n) is 8.09. The quantitative estimate of drug-likeness (QED) is 0.708. The number of anilines is 1. The molecule has 0 saturated carbocycles. The van der Waals surface area contributed by atoms with Crippen molar-refractivity contribution in [2.24, 2.45) is 0 Å². The second kappa shape index (κ2) is 8.70. The highest BCUT2D eigenvalue weighted by atomic mass is 32.2. The standard InChI is InChI=1S/C23H28N2O5S/c1-15-6-11-20-21(25(15)16(2)26)13-12-19(23(20)30-14-22(27)24(3)4)17-7-9-18(10-8-17)31(5,28)29/h7-10,12-13,15H,6,11,14H2,1-5H3/t15-/m0/s1. The van der Waals surface area contributed by atoms with Crippen molar-refractivity contribution in [3.05, 3.63) is 42.0 Å². The Kier molecular flexibility index (Phi) is 6.40. The van der Waals surface area contributed by atoms with E-state index in [9.17, 15) is 18.0 Å². The summed E-state index contributed by atoms with van der Waals surface area (Å²) in [4.78, 5) is 27.9. The Morgan fingerprint density at radius 1 is 1.13 bits per heavy atom. The molecule has 0 aromatic heterocycles. The van der Waals surface area contributed by atoms with Crippen molar-refractivity contribution in [2.45, 2.75) is 37.6 Å². The first-order valence-corrected chi connectivity index (χ1v) is 12.0. The molecule has 2 amide bonds. The van der Waals surface area contributed by atoms with Crippen LogP contribution in [0.5, 0.6) is 5.75 Å². The summed E-state index contributed by atoms with van der Waals surface area (Å²) in [6.07, 6.45) is 2.65. The fourth-order valence-corrected chi connectivity index (χ4v) is 4.45. The number of fused-ring (bicyclic) bond motifs is 1. The van der Waals surface area contributed by atoms with Crippen LogP contribution in [0.2, 0.25) is 0 Å². The van der Waals surface area contributed by atoms with Crippen LogP contribution in [0.25, 0.3) is 11.1 Å². The minimum Gasteiger partial charge on any atom is -0.483 e. The highest BCUT2D eigenvalue weighted by Gasteiger charge is 2.30. The summed E-state index contributed by atoms with van der Waals surface area (Å²) in [5, 5.41) is 0. The van der Waals surface area contributed by atoms with Gasteiger partial charge < -0.3 is 14.5 Å². The van der Waals surface area contributed by atoms with Crippen molar-refractivity contribution < 1.29 is 22.7 Å². The van der Waals surface area contributed by atoms with Gasteiger partial charge in [0, 0.05) is 44.4 Å². The average molecular weight is 445 g/mol. The molecule has 0 saturated heterocycles. The molecule has 0 aliphatic carbocycles. The second-order valence-corrected chi connectivity index (χ2v) is 10.1. The lowest BCUT2D eigenvalue weighted by Gasteiger charge is -2.36. The fourth-order valence-electron chi connectivity index (χ4n) is 3.82. The molecular weight excluding hydrogens is 416 g/mol. The molecule has 0 spiro atoms. The molecule has 7 nitrogen and oxygen atoms in total. The van der Waals surface area contributed by atoms with Crippen molar-refractivity contribution in [3.63, 3.8) is 0 Å². The van der Waals surface area contributed by atoms with Gasteiger partial charge in [0.25, 0.3) is 5.91 Å². The van der Waals surface area contributed by atoms with E-state index in [1.54, 1.807) is 50.2 Å². The molecule has 1 heterocycles. The molecule has 1 aliphatic heterocycles. The SMILES string of the molecule is CC(=O)N1c2ccc(-c3ccc(S(C)(=O)=O)cc3)c(OCC(=O)N(C)C)c2CC[C@@H]1C. The zero-order chi connectivity index (χ0) is 22.9. The summed E-state index contributed by atoms with van der Waals surface area (Å²) in [6, 6.07) is 10.4. The van der Waals surface area contributed by atoms with Gasteiger partial charge >= 0.3 is 0 Å². The van der Waals surface area contributed by atoms with Crippen LogP contribution in [-0.2, 0) is 25.8 Å². The largest absolute Gasteiger partial charge is 0.483 e.